The van der Waals surface area contributed by atoms with Crippen molar-refractivity contribution in [1.29, 1.82) is 5.26 Å². The van der Waals surface area contributed by atoms with E-state index >= 15 is 0 Å². The van der Waals surface area contributed by atoms with Crippen LogP contribution >= 0.6 is 11.6 Å². The van der Waals surface area contributed by atoms with Crippen molar-refractivity contribution in [2.45, 2.75) is 19.3 Å². The summed E-state index contributed by atoms with van der Waals surface area (Å²) in [5, 5.41) is 20.6. The number of hydrogen-bond donors (Lipinski definition) is 2. The second-order valence-corrected chi connectivity index (χ2v) is 5.25. The van der Waals surface area contributed by atoms with Crippen molar-refractivity contribution in [3.05, 3.63) is 28.8 Å². The van der Waals surface area contributed by atoms with Gasteiger partial charge in [0.1, 0.15) is 0 Å². The topological polar surface area (TPSA) is 90.2 Å². The van der Waals surface area contributed by atoms with Crippen LogP contribution in [0.5, 0.6) is 0 Å². The van der Waals surface area contributed by atoms with E-state index in [-0.39, 0.29) is 11.8 Å². The minimum Gasteiger partial charge on any atom is -0.481 e. The average molecular weight is 293 g/mol. The lowest BCUT2D eigenvalue weighted by atomic mass is 10.0. The third-order valence-electron chi connectivity index (χ3n) is 3.51. The monoisotopic (exact) mass is 292 g/mol. The number of carbonyl (C=O) groups excluding carboxylic acids is 1. The average Bonchev–Trinajstić information content (AvgIpc) is 2.91. The van der Waals surface area contributed by atoms with E-state index in [4.69, 9.17) is 22.0 Å². The summed E-state index contributed by atoms with van der Waals surface area (Å²) >= 11 is 5.98. The fraction of sp³-hybridized carbons (Fsp3) is 0.357. The maximum Gasteiger partial charge on any atom is 0.306 e. The van der Waals surface area contributed by atoms with E-state index in [0.29, 0.717) is 35.5 Å². The van der Waals surface area contributed by atoms with Crippen LogP contribution < -0.4 is 5.32 Å². The summed E-state index contributed by atoms with van der Waals surface area (Å²) in [5.41, 5.74) is 0.856. The third kappa shape index (κ3) is 3.09. The Hall–Kier alpha value is -2.06. The van der Waals surface area contributed by atoms with Crippen LogP contribution in [0.1, 0.15) is 24.8 Å². The van der Waals surface area contributed by atoms with Gasteiger partial charge in [-0.15, -0.1) is 0 Å². The predicted octanol–water partition coefficient (Wildman–Crippen LogP) is 2.65. The molecule has 1 aromatic carbocycles. The summed E-state index contributed by atoms with van der Waals surface area (Å²) in [4.78, 5) is 22.9. The molecule has 1 saturated carbocycles. The molecule has 0 saturated heterocycles. The molecule has 0 spiro atoms. The van der Waals surface area contributed by atoms with Gasteiger partial charge in [-0.3, -0.25) is 9.59 Å². The maximum absolute atomic E-state index is 12.1. The highest BCUT2D eigenvalue weighted by molar-refractivity contribution is 6.33. The summed E-state index contributed by atoms with van der Waals surface area (Å²) in [6, 6.07) is 6.57. The molecule has 1 aliphatic rings. The van der Waals surface area contributed by atoms with Crippen molar-refractivity contribution in [3.63, 3.8) is 0 Å². The lowest BCUT2D eigenvalue weighted by Gasteiger charge is -2.12. The molecule has 0 aromatic heterocycles. The highest BCUT2D eigenvalue weighted by Crippen LogP contribution is 2.32. The molecule has 0 radical (unpaired) electrons. The SMILES string of the molecule is N#Cc1ccc(NC(=O)[C@@H]2CC[C@H](C(=O)O)C2)c(Cl)c1. The van der Waals surface area contributed by atoms with Gasteiger partial charge in [-0.25, -0.2) is 0 Å². The number of benzene rings is 1. The van der Waals surface area contributed by atoms with E-state index in [0.717, 1.165) is 0 Å². The number of amides is 1. The molecule has 2 N–H and O–H groups in total. The third-order valence-corrected chi connectivity index (χ3v) is 3.82. The number of carbonyl (C=O) groups is 2. The minimum atomic E-state index is -0.850. The molecule has 6 heteroatoms. The minimum absolute atomic E-state index is 0.222. The molecule has 20 heavy (non-hydrogen) atoms. The smallest absolute Gasteiger partial charge is 0.306 e. The number of anilines is 1. The standard InChI is InChI=1S/C14H13ClN2O3/c15-11-5-8(7-16)1-4-12(11)17-13(18)9-2-3-10(6-9)14(19)20/h1,4-5,9-10H,2-3,6H2,(H,17,18)(H,19,20)/t9-,10+/m1/s1. The molecule has 5 nitrogen and oxygen atoms in total. The second kappa shape index (κ2) is 5.93. The molecule has 0 unspecified atom stereocenters. The summed E-state index contributed by atoms with van der Waals surface area (Å²) in [5.74, 6) is -1.82. The highest BCUT2D eigenvalue weighted by atomic mass is 35.5. The molecular formula is C14H13ClN2O3. The van der Waals surface area contributed by atoms with Crippen molar-refractivity contribution < 1.29 is 14.7 Å². The van der Waals surface area contributed by atoms with Gasteiger partial charge in [0.25, 0.3) is 0 Å². The molecule has 1 aromatic rings. The first-order chi connectivity index (χ1) is 9.51. The fourth-order valence-electron chi connectivity index (χ4n) is 2.36. The Bertz CT molecular complexity index is 595. The van der Waals surface area contributed by atoms with Crippen molar-refractivity contribution in [2.75, 3.05) is 5.32 Å². The Morgan fingerprint density at radius 2 is 2.05 bits per heavy atom. The number of hydrogen-bond acceptors (Lipinski definition) is 3. The van der Waals surface area contributed by atoms with Gasteiger partial charge in [0.15, 0.2) is 0 Å². The van der Waals surface area contributed by atoms with Gasteiger partial charge < -0.3 is 10.4 Å². The number of rotatable bonds is 3. The molecule has 2 atom stereocenters. The molecule has 1 aliphatic carbocycles. The van der Waals surface area contributed by atoms with Gasteiger partial charge in [-0.05, 0) is 37.5 Å². The number of carboxylic acids is 1. The zero-order valence-electron chi connectivity index (χ0n) is 10.6. The van der Waals surface area contributed by atoms with Crippen LogP contribution in [-0.4, -0.2) is 17.0 Å². The molecular weight excluding hydrogens is 280 g/mol. The Labute approximate surface area is 121 Å². The van der Waals surface area contributed by atoms with Crippen LogP contribution in [-0.2, 0) is 9.59 Å². The normalized spacial score (nSPS) is 21.2. The maximum atomic E-state index is 12.1. The number of carboxylic acid groups (broad SMARTS) is 1. The van der Waals surface area contributed by atoms with Crippen LogP contribution in [0.15, 0.2) is 18.2 Å². The van der Waals surface area contributed by atoms with Crippen LogP contribution in [0.25, 0.3) is 0 Å². The lowest BCUT2D eigenvalue weighted by Crippen LogP contribution is -2.21. The summed E-state index contributed by atoms with van der Waals surface area (Å²) in [6.45, 7) is 0. The Morgan fingerprint density at radius 1 is 1.35 bits per heavy atom. The highest BCUT2D eigenvalue weighted by Gasteiger charge is 2.33. The molecule has 1 fully saturated rings. The lowest BCUT2D eigenvalue weighted by molar-refractivity contribution is -0.141. The summed E-state index contributed by atoms with van der Waals surface area (Å²) in [7, 11) is 0. The summed E-state index contributed by atoms with van der Waals surface area (Å²) < 4.78 is 0. The second-order valence-electron chi connectivity index (χ2n) is 4.84. The van der Waals surface area contributed by atoms with Gasteiger partial charge in [0.2, 0.25) is 5.91 Å². The van der Waals surface area contributed by atoms with Gasteiger partial charge in [-0.1, -0.05) is 11.6 Å². The number of nitriles is 1. The van der Waals surface area contributed by atoms with Crippen molar-refractivity contribution in [2.24, 2.45) is 11.8 Å². The molecule has 104 valence electrons. The summed E-state index contributed by atoms with van der Waals surface area (Å²) in [6.07, 6.45) is 1.44. The predicted molar refractivity (Wildman–Crippen MR) is 73.3 cm³/mol. The van der Waals surface area contributed by atoms with Crippen LogP contribution in [0.2, 0.25) is 5.02 Å². The zero-order valence-corrected chi connectivity index (χ0v) is 11.4. The number of nitrogens with one attached hydrogen (secondary N) is 1. The molecule has 2 rings (SSSR count). The quantitative estimate of drug-likeness (QED) is 0.896. The number of nitrogens with zero attached hydrogens (tertiary/aromatic N) is 1. The Balaban J connectivity index is 2.02. The van der Waals surface area contributed by atoms with E-state index in [1.807, 2.05) is 6.07 Å². The number of halogens is 1. The first-order valence-electron chi connectivity index (χ1n) is 6.24. The van der Waals surface area contributed by atoms with Gasteiger partial charge in [0, 0.05) is 5.92 Å². The van der Waals surface area contributed by atoms with E-state index in [1.54, 1.807) is 12.1 Å². The van der Waals surface area contributed by atoms with Gasteiger partial charge in [-0.2, -0.15) is 5.26 Å². The fourth-order valence-corrected chi connectivity index (χ4v) is 2.59. The Kier molecular flexibility index (Phi) is 4.26. The van der Waals surface area contributed by atoms with Gasteiger partial charge >= 0.3 is 5.97 Å². The molecule has 0 bridgehead atoms. The van der Waals surface area contributed by atoms with Crippen LogP contribution in [0.3, 0.4) is 0 Å². The molecule has 1 amide bonds. The van der Waals surface area contributed by atoms with E-state index in [2.05, 4.69) is 5.32 Å². The largest absolute Gasteiger partial charge is 0.481 e. The van der Waals surface area contributed by atoms with Crippen molar-refractivity contribution in [3.8, 4) is 6.07 Å². The van der Waals surface area contributed by atoms with Crippen LogP contribution in [0, 0.1) is 23.2 Å². The van der Waals surface area contributed by atoms with E-state index in [1.165, 1.54) is 6.07 Å². The first kappa shape index (κ1) is 14.4. The number of aliphatic carboxylic acids is 1. The van der Waals surface area contributed by atoms with Crippen molar-refractivity contribution in [1.82, 2.24) is 0 Å². The van der Waals surface area contributed by atoms with Gasteiger partial charge in [0.05, 0.1) is 28.3 Å². The Morgan fingerprint density at radius 3 is 2.60 bits per heavy atom. The molecule has 0 aliphatic heterocycles. The van der Waals surface area contributed by atoms with Crippen LogP contribution in [0.4, 0.5) is 5.69 Å². The first-order valence-corrected chi connectivity index (χ1v) is 6.62. The van der Waals surface area contributed by atoms with E-state index < -0.39 is 11.9 Å². The van der Waals surface area contributed by atoms with E-state index in [9.17, 15) is 9.59 Å². The molecule has 0 heterocycles. The zero-order chi connectivity index (χ0) is 14.7. The van der Waals surface area contributed by atoms with Crippen molar-refractivity contribution >= 4 is 29.2 Å².